The minimum atomic E-state index is 0.777. The van der Waals surface area contributed by atoms with Gasteiger partial charge >= 0.3 is 0 Å². The molecular formula is C17H12N2O. The van der Waals surface area contributed by atoms with E-state index >= 15 is 0 Å². The standard InChI is InChI=1S/C17H12N2O/c1-3-12-5-4-6-13(9-12)17-15-8-7-14(20-2)10-16(15)18-11-19-17/h1,4-11H,2H3. The molecule has 0 N–H and O–H groups in total. The van der Waals surface area contributed by atoms with E-state index in [9.17, 15) is 0 Å². The monoisotopic (exact) mass is 260 g/mol. The highest BCUT2D eigenvalue weighted by Gasteiger charge is 2.07. The predicted molar refractivity (Wildman–Crippen MR) is 79.5 cm³/mol. The SMILES string of the molecule is C#Cc1cccc(-c2ncnc3cc(OC)ccc23)c1. The fourth-order valence-corrected chi connectivity index (χ4v) is 2.15. The molecule has 0 radical (unpaired) electrons. The Kier molecular flexibility index (Phi) is 3.06. The summed E-state index contributed by atoms with van der Waals surface area (Å²) < 4.78 is 5.22. The minimum Gasteiger partial charge on any atom is -0.497 e. The van der Waals surface area contributed by atoms with Gasteiger partial charge in [-0.3, -0.25) is 0 Å². The summed E-state index contributed by atoms with van der Waals surface area (Å²) >= 11 is 0. The number of aromatic nitrogens is 2. The van der Waals surface area contributed by atoms with Gasteiger partial charge in [0.05, 0.1) is 18.3 Å². The number of nitrogens with zero attached hydrogens (tertiary/aromatic N) is 2. The number of hydrogen-bond donors (Lipinski definition) is 0. The van der Waals surface area contributed by atoms with E-state index < -0.39 is 0 Å². The lowest BCUT2D eigenvalue weighted by Crippen LogP contribution is -1.91. The van der Waals surface area contributed by atoms with Crippen LogP contribution in [0.15, 0.2) is 48.8 Å². The number of hydrogen-bond acceptors (Lipinski definition) is 3. The molecule has 0 aliphatic heterocycles. The molecule has 3 aromatic rings. The highest BCUT2D eigenvalue weighted by atomic mass is 16.5. The van der Waals surface area contributed by atoms with Crippen molar-refractivity contribution in [1.29, 1.82) is 0 Å². The fraction of sp³-hybridized carbons (Fsp3) is 0.0588. The maximum absolute atomic E-state index is 5.45. The molecule has 0 unspecified atom stereocenters. The molecule has 1 heterocycles. The average Bonchev–Trinajstić information content (AvgIpc) is 2.53. The van der Waals surface area contributed by atoms with Gasteiger partial charge in [0.15, 0.2) is 0 Å². The molecule has 96 valence electrons. The number of benzene rings is 2. The fourth-order valence-electron chi connectivity index (χ4n) is 2.15. The second kappa shape index (κ2) is 5.02. The van der Waals surface area contributed by atoms with Crippen LogP contribution >= 0.6 is 0 Å². The molecule has 0 spiro atoms. The largest absolute Gasteiger partial charge is 0.497 e. The molecule has 0 fully saturated rings. The van der Waals surface area contributed by atoms with Crippen LogP contribution in [-0.2, 0) is 0 Å². The maximum atomic E-state index is 5.45. The molecule has 2 aromatic carbocycles. The number of terminal acetylenes is 1. The summed E-state index contributed by atoms with van der Waals surface area (Å²) in [6.07, 6.45) is 7.00. The average molecular weight is 260 g/mol. The Morgan fingerprint density at radius 2 is 2.00 bits per heavy atom. The van der Waals surface area contributed by atoms with E-state index in [1.807, 2.05) is 42.5 Å². The quantitative estimate of drug-likeness (QED) is 0.663. The van der Waals surface area contributed by atoms with E-state index in [1.165, 1.54) is 0 Å². The highest BCUT2D eigenvalue weighted by molar-refractivity contribution is 5.92. The Morgan fingerprint density at radius 1 is 1.10 bits per heavy atom. The Labute approximate surface area is 117 Å². The van der Waals surface area contributed by atoms with Crippen LogP contribution in [0.5, 0.6) is 5.75 Å². The van der Waals surface area contributed by atoms with Crippen molar-refractivity contribution >= 4 is 10.9 Å². The van der Waals surface area contributed by atoms with Crippen LogP contribution in [0, 0.1) is 12.3 Å². The second-order valence-corrected chi connectivity index (χ2v) is 4.33. The van der Waals surface area contributed by atoms with E-state index in [0.29, 0.717) is 0 Å². The van der Waals surface area contributed by atoms with E-state index in [2.05, 4.69) is 15.9 Å². The molecule has 0 saturated heterocycles. The molecule has 0 aliphatic rings. The molecular weight excluding hydrogens is 248 g/mol. The van der Waals surface area contributed by atoms with Crippen LogP contribution < -0.4 is 4.74 Å². The smallest absolute Gasteiger partial charge is 0.121 e. The van der Waals surface area contributed by atoms with Gasteiger partial charge in [-0.1, -0.05) is 18.1 Å². The number of fused-ring (bicyclic) bond motifs is 1. The van der Waals surface area contributed by atoms with Crippen molar-refractivity contribution < 1.29 is 4.74 Å². The van der Waals surface area contributed by atoms with Gasteiger partial charge in [0, 0.05) is 22.6 Å². The van der Waals surface area contributed by atoms with Crippen molar-refractivity contribution in [3.05, 3.63) is 54.4 Å². The van der Waals surface area contributed by atoms with Gasteiger partial charge in [-0.05, 0) is 24.3 Å². The summed E-state index contributed by atoms with van der Waals surface area (Å²) in [5.74, 6) is 3.42. The predicted octanol–water partition coefficient (Wildman–Crippen LogP) is 3.29. The van der Waals surface area contributed by atoms with E-state index in [0.717, 1.165) is 33.5 Å². The van der Waals surface area contributed by atoms with Crippen molar-refractivity contribution in [1.82, 2.24) is 9.97 Å². The maximum Gasteiger partial charge on any atom is 0.121 e. The zero-order chi connectivity index (χ0) is 13.9. The van der Waals surface area contributed by atoms with Crippen molar-refractivity contribution in [3.8, 4) is 29.4 Å². The van der Waals surface area contributed by atoms with E-state index in [-0.39, 0.29) is 0 Å². The third-order valence-corrected chi connectivity index (χ3v) is 3.15. The van der Waals surface area contributed by atoms with Crippen molar-refractivity contribution in [2.75, 3.05) is 7.11 Å². The number of methoxy groups -OCH3 is 1. The molecule has 0 saturated carbocycles. The molecule has 3 heteroatoms. The molecule has 0 amide bonds. The van der Waals surface area contributed by atoms with Gasteiger partial charge in [-0.25, -0.2) is 9.97 Å². The van der Waals surface area contributed by atoms with Crippen LogP contribution in [0.25, 0.3) is 22.2 Å². The molecule has 0 bridgehead atoms. The van der Waals surface area contributed by atoms with Gasteiger partial charge in [0.2, 0.25) is 0 Å². The van der Waals surface area contributed by atoms with E-state index in [4.69, 9.17) is 11.2 Å². The first-order valence-electron chi connectivity index (χ1n) is 6.17. The van der Waals surface area contributed by atoms with Gasteiger partial charge in [-0.2, -0.15) is 0 Å². The Balaban J connectivity index is 2.23. The first kappa shape index (κ1) is 12.2. The number of ether oxygens (including phenoxy) is 1. The van der Waals surface area contributed by atoms with Gasteiger partial charge < -0.3 is 4.74 Å². The molecule has 3 rings (SSSR count). The van der Waals surface area contributed by atoms with Crippen molar-refractivity contribution in [3.63, 3.8) is 0 Å². The van der Waals surface area contributed by atoms with Crippen LogP contribution in [0.3, 0.4) is 0 Å². The molecule has 3 nitrogen and oxygen atoms in total. The lowest BCUT2D eigenvalue weighted by molar-refractivity contribution is 0.415. The van der Waals surface area contributed by atoms with Crippen LogP contribution in [0.1, 0.15) is 5.56 Å². The Hall–Kier alpha value is -2.86. The van der Waals surface area contributed by atoms with Gasteiger partial charge in [0.25, 0.3) is 0 Å². The Morgan fingerprint density at radius 3 is 2.80 bits per heavy atom. The molecule has 20 heavy (non-hydrogen) atoms. The number of rotatable bonds is 2. The summed E-state index contributed by atoms with van der Waals surface area (Å²) in [5.41, 5.74) is 3.54. The van der Waals surface area contributed by atoms with Crippen molar-refractivity contribution in [2.45, 2.75) is 0 Å². The van der Waals surface area contributed by atoms with Gasteiger partial charge in [-0.15, -0.1) is 6.42 Å². The lowest BCUT2D eigenvalue weighted by atomic mass is 10.0. The van der Waals surface area contributed by atoms with Crippen LogP contribution in [-0.4, -0.2) is 17.1 Å². The summed E-state index contributed by atoms with van der Waals surface area (Å²) in [7, 11) is 1.64. The second-order valence-electron chi connectivity index (χ2n) is 4.33. The summed E-state index contributed by atoms with van der Waals surface area (Å²) in [4.78, 5) is 8.67. The zero-order valence-corrected chi connectivity index (χ0v) is 11.0. The third-order valence-electron chi connectivity index (χ3n) is 3.15. The zero-order valence-electron chi connectivity index (χ0n) is 11.0. The third kappa shape index (κ3) is 2.08. The normalized spacial score (nSPS) is 10.2. The first-order chi connectivity index (χ1) is 9.81. The van der Waals surface area contributed by atoms with Gasteiger partial charge in [0.1, 0.15) is 12.1 Å². The summed E-state index contributed by atoms with van der Waals surface area (Å²) in [5, 5.41) is 0.975. The lowest BCUT2D eigenvalue weighted by Gasteiger charge is -2.07. The highest BCUT2D eigenvalue weighted by Crippen LogP contribution is 2.28. The molecule has 0 atom stereocenters. The summed E-state index contributed by atoms with van der Waals surface area (Å²) in [6.45, 7) is 0. The van der Waals surface area contributed by atoms with Crippen molar-refractivity contribution in [2.24, 2.45) is 0 Å². The van der Waals surface area contributed by atoms with Crippen LogP contribution in [0.2, 0.25) is 0 Å². The minimum absolute atomic E-state index is 0.777. The summed E-state index contributed by atoms with van der Waals surface area (Å²) in [6, 6.07) is 13.5. The molecule has 1 aromatic heterocycles. The molecule has 0 aliphatic carbocycles. The van der Waals surface area contributed by atoms with E-state index in [1.54, 1.807) is 13.4 Å². The van der Waals surface area contributed by atoms with Crippen LogP contribution in [0.4, 0.5) is 0 Å². The first-order valence-corrected chi connectivity index (χ1v) is 6.17. The topological polar surface area (TPSA) is 35.0 Å². The Bertz CT molecular complexity index is 819.